The highest BCUT2D eigenvalue weighted by atomic mass is 16.5. The molecule has 0 bridgehead atoms. The van der Waals surface area contributed by atoms with Crippen LogP contribution in [-0.2, 0) is 20.7 Å². The summed E-state index contributed by atoms with van der Waals surface area (Å²) < 4.78 is 5.45. The molecule has 2 aliphatic rings. The Labute approximate surface area is 197 Å². The molecular weight excluding hydrogens is 412 g/mol. The first-order chi connectivity index (χ1) is 15.9. The number of ether oxygens (including phenoxy) is 1. The molecule has 2 amide bonds. The van der Waals surface area contributed by atoms with Crippen molar-refractivity contribution in [1.82, 2.24) is 4.90 Å². The molecule has 5 nitrogen and oxygen atoms in total. The Morgan fingerprint density at radius 3 is 2.18 bits per heavy atom. The highest BCUT2D eigenvalue weighted by Crippen LogP contribution is 2.39. The summed E-state index contributed by atoms with van der Waals surface area (Å²) in [6, 6.07) is 16.6. The van der Waals surface area contributed by atoms with Gasteiger partial charge in [0.25, 0.3) is 0 Å². The number of nitrogens with two attached hydrogens (primary N) is 1. The van der Waals surface area contributed by atoms with Crippen molar-refractivity contribution < 1.29 is 14.3 Å². The van der Waals surface area contributed by atoms with Gasteiger partial charge in [-0.25, -0.2) is 0 Å². The average Bonchev–Trinajstić information content (AvgIpc) is 2.85. The fourth-order valence-corrected chi connectivity index (χ4v) is 5.65. The van der Waals surface area contributed by atoms with Gasteiger partial charge in [0.1, 0.15) is 0 Å². The van der Waals surface area contributed by atoms with Crippen LogP contribution in [0.5, 0.6) is 0 Å². The lowest BCUT2D eigenvalue weighted by Gasteiger charge is -2.41. The number of piperidine rings is 1. The third-order valence-corrected chi connectivity index (χ3v) is 7.89. The molecule has 2 aromatic carbocycles. The summed E-state index contributed by atoms with van der Waals surface area (Å²) in [6.45, 7) is 3.30. The second kappa shape index (κ2) is 10.1. The molecule has 1 aliphatic heterocycles. The van der Waals surface area contributed by atoms with Gasteiger partial charge in [-0.05, 0) is 74.1 Å². The minimum Gasteiger partial charge on any atom is -0.381 e. The number of likely N-dealkylation sites (tertiary alicyclic amines) is 1. The van der Waals surface area contributed by atoms with Gasteiger partial charge in [0.05, 0.1) is 11.5 Å². The molecule has 2 N–H and O–H groups in total. The molecule has 33 heavy (non-hydrogen) atoms. The van der Waals surface area contributed by atoms with E-state index in [4.69, 9.17) is 10.5 Å². The van der Waals surface area contributed by atoms with Crippen molar-refractivity contribution in [3.63, 3.8) is 0 Å². The van der Waals surface area contributed by atoms with Crippen LogP contribution in [0.3, 0.4) is 0 Å². The predicted octanol–water partition coefficient (Wildman–Crippen LogP) is 4.50. The second-order valence-corrected chi connectivity index (χ2v) is 9.83. The van der Waals surface area contributed by atoms with Crippen molar-refractivity contribution in [1.29, 1.82) is 0 Å². The molecule has 0 unspecified atom stereocenters. The van der Waals surface area contributed by atoms with Crippen LogP contribution in [0.4, 0.5) is 0 Å². The van der Waals surface area contributed by atoms with Crippen LogP contribution in [0, 0.1) is 18.3 Å². The van der Waals surface area contributed by atoms with E-state index in [0.717, 1.165) is 36.8 Å². The lowest BCUT2D eigenvalue weighted by Crippen LogP contribution is -2.51. The van der Waals surface area contributed by atoms with Crippen LogP contribution >= 0.6 is 0 Å². The van der Waals surface area contributed by atoms with E-state index in [1.807, 2.05) is 29.2 Å². The number of methoxy groups -OCH3 is 1. The number of aryl methyl sites for hydroxylation is 1. The second-order valence-electron chi connectivity index (χ2n) is 9.83. The third kappa shape index (κ3) is 4.98. The number of hydrogen-bond donors (Lipinski definition) is 1. The molecule has 2 fully saturated rings. The quantitative estimate of drug-likeness (QED) is 0.707. The zero-order chi connectivity index (χ0) is 23.4. The van der Waals surface area contributed by atoms with E-state index < -0.39 is 5.41 Å². The number of carbonyl (C=O) groups is 2. The van der Waals surface area contributed by atoms with E-state index in [-0.39, 0.29) is 23.8 Å². The Kier molecular flexibility index (Phi) is 7.18. The minimum absolute atomic E-state index is 0.0826. The number of amides is 2. The topological polar surface area (TPSA) is 72.6 Å². The summed E-state index contributed by atoms with van der Waals surface area (Å²) in [6.07, 6.45) is 5.79. The van der Waals surface area contributed by atoms with E-state index in [1.54, 1.807) is 7.11 Å². The molecule has 0 aromatic heterocycles. The summed E-state index contributed by atoms with van der Waals surface area (Å²) in [7, 11) is 1.75. The van der Waals surface area contributed by atoms with Crippen molar-refractivity contribution >= 4 is 11.8 Å². The molecule has 0 radical (unpaired) electrons. The van der Waals surface area contributed by atoms with E-state index in [0.29, 0.717) is 32.4 Å². The number of primary amides is 1. The van der Waals surface area contributed by atoms with Crippen LogP contribution < -0.4 is 5.73 Å². The van der Waals surface area contributed by atoms with Crippen molar-refractivity contribution in [3.05, 3.63) is 59.7 Å². The number of nitrogens with zero attached hydrogens (tertiary/aromatic N) is 1. The van der Waals surface area contributed by atoms with Gasteiger partial charge in [-0.1, -0.05) is 48.5 Å². The Morgan fingerprint density at radius 2 is 1.58 bits per heavy atom. The molecule has 1 saturated heterocycles. The molecule has 176 valence electrons. The van der Waals surface area contributed by atoms with Gasteiger partial charge in [-0.3, -0.25) is 9.59 Å². The normalized spacial score (nSPS) is 22.7. The summed E-state index contributed by atoms with van der Waals surface area (Å²) in [5.74, 6) is 0.0667. The van der Waals surface area contributed by atoms with Gasteiger partial charge in [0.15, 0.2) is 0 Å². The van der Waals surface area contributed by atoms with Crippen molar-refractivity contribution in [3.8, 4) is 11.1 Å². The van der Waals surface area contributed by atoms with Gasteiger partial charge >= 0.3 is 0 Å². The zero-order valence-corrected chi connectivity index (χ0v) is 19.9. The number of benzene rings is 2. The maximum Gasteiger partial charge on any atom is 0.225 e. The Morgan fingerprint density at radius 1 is 0.970 bits per heavy atom. The zero-order valence-electron chi connectivity index (χ0n) is 19.9. The molecule has 1 saturated carbocycles. The number of hydrogen-bond acceptors (Lipinski definition) is 3. The largest absolute Gasteiger partial charge is 0.381 e. The standard InChI is InChI=1S/C28H36N2O3/c1-20-7-3-5-9-24(20)25-10-6-4-8-22(25)19-28(27(29)32)15-17-30(18-16-28)26(31)21-11-13-23(33-2)14-12-21/h3-10,21,23H,11-19H2,1-2H3,(H2,29,32). The first kappa shape index (κ1) is 23.5. The minimum atomic E-state index is -0.622. The van der Waals surface area contributed by atoms with Gasteiger partial charge in [-0.2, -0.15) is 0 Å². The Bertz CT molecular complexity index is 986. The molecule has 0 atom stereocenters. The van der Waals surface area contributed by atoms with Crippen LogP contribution in [-0.4, -0.2) is 43.0 Å². The first-order valence-electron chi connectivity index (χ1n) is 12.2. The fourth-order valence-electron chi connectivity index (χ4n) is 5.65. The molecule has 1 aliphatic carbocycles. The summed E-state index contributed by atoms with van der Waals surface area (Å²) in [5, 5.41) is 0. The molecular formula is C28H36N2O3. The maximum absolute atomic E-state index is 13.1. The highest BCUT2D eigenvalue weighted by molar-refractivity contribution is 5.83. The summed E-state index contributed by atoms with van der Waals surface area (Å²) >= 11 is 0. The first-order valence-corrected chi connectivity index (χ1v) is 12.2. The van der Waals surface area contributed by atoms with Crippen LogP contribution in [0.25, 0.3) is 11.1 Å². The van der Waals surface area contributed by atoms with Crippen molar-refractivity contribution in [2.75, 3.05) is 20.2 Å². The molecule has 1 heterocycles. The predicted molar refractivity (Wildman–Crippen MR) is 131 cm³/mol. The smallest absolute Gasteiger partial charge is 0.225 e. The van der Waals surface area contributed by atoms with E-state index in [1.165, 1.54) is 11.1 Å². The van der Waals surface area contributed by atoms with Gasteiger partial charge < -0.3 is 15.4 Å². The summed E-state index contributed by atoms with van der Waals surface area (Å²) in [4.78, 5) is 27.8. The third-order valence-electron chi connectivity index (χ3n) is 7.89. The van der Waals surface area contributed by atoms with Crippen LogP contribution in [0.15, 0.2) is 48.5 Å². The van der Waals surface area contributed by atoms with Crippen LogP contribution in [0.1, 0.15) is 49.7 Å². The van der Waals surface area contributed by atoms with Crippen molar-refractivity contribution in [2.24, 2.45) is 17.1 Å². The van der Waals surface area contributed by atoms with Crippen LogP contribution in [0.2, 0.25) is 0 Å². The Balaban J connectivity index is 1.48. The molecule has 5 heteroatoms. The van der Waals surface area contributed by atoms with E-state index in [9.17, 15) is 9.59 Å². The molecule has 0 spiro atoms. The monoisotopic (exact) mass is 448 g/mol. The maximum atomic E-state index is 13.1. The van der Waals surface area contributed by atoms with E-state index >= 15 is 0 Å². The van der Waals surface area contributed by atoms with E-state index in [2.05, 4.69) is 31.2 Å². The van der Waals surface area contributed by atoms with Gasteiger partial charge in [-0.15, -0.1) is 0 Å². The number of rotatable bonds is 6. The van der Waals surface area contributed by atoms with Gasteiger partial charge in [0, 0.05) is 26.1 Å². The molecule has 4 rings (SSSR count). The molecule has 2 aromatic rings. The Hall–Kier alpha value is -2.66. The van der Waals surface area contributed by atoms with Gasteiger partial charge in [0.2, 0.25) is 11.8 Å². The average molecular weight is 449 g/mol. The number of carbonyl (C=O) groups excluding carboxylic acids is 2. The lowest BCUT2D eigenvalue weighted by molar-refractivity contribution is -0.143. The van der Waals surface area contributed by atoms with Crippen molar-refractivity contribution in [2.45, 2.75) is 58.0 Å². The highest BCUT2D eigenvalue weighted by Gasteiger charge is 2.42. The lowest BCUT2D eigenvalue weighted by atomic mass is 9.71. The summed E-state index contributed by atoms with van der Waals surface area (Å²) in [5.41, 5.74) is 10.1. The fraction of sp³-hybridized carbons (Fsp3) is 0.500. The SMILES string of the molecule is COC1CCC(C(=O)N2CCC(Cc3ccccc3-c3ccccc3C)(C(N)=O)CC2)CC1.